The van der Waals surface area contributed by atoms with E-state index in [0.29, 0.717) is 37.3 Å². The summed E-state index contributed by atoms with van der Waals surface area (Å²) in [6.07, 6.45) is 5.43. The number of aliphatic carboxylic acids is 1. The number of amides is 1. The molecule has 3 aromatic rings. The number of nitrogen functional groups attached to an aromatic ring is 1. The van der Waals surface area contributed by atoms with Crippen LogP contribution in [0.2, 0.25) is 0 Å². The summed E-state index contributed by atoms with van der Waals surface area (Å²) in [5.41, 5.74) is 7.28. The summed E-state index contributed by atoms with van der Waals surface area (Å²) < 4.78 is 14.1. The standard InChI is InChI=1S/C22H21FN6O3/c23-15-4-2-1-3-14(15)16-12-26-20(24)19(27-16)21(30)28-17-11-25-8-5-18(17)29-9-6-13(7-10-29)22(31)32/h1-5,8,11-13H,6-7,9-10H2,(H2,24,26)(H,28,30)(H,31,32). The van der Waals surface area contributed by atoms with Crippen LogP contribution >= 0.6 is 0 Å². The first-order valence-corrected chi connectivity index (χ1v) is 10.0. The molecular weight excluding hydrogens is 415 g/mol. The smallest absolute Gasteiger partial charge is 0.306 e. The molecule has 1 saturated heterocycles. The first-order valence-electron chi connectivity index (χ1n) is 10.0. The maximum absolute atomic E-state index is 14.1. The average Bonchev–Trinajstić information content (AvgIpc) is 2.80. The van der Waals surface area contributed by atoms with Crippen LogP contribution in [0.4, 0.5) is 21.6 Å². The van der Waals surface area contributed by atoms with Crippen LogP contribution in [0.1, 0.15) is 23.3 Å². The SMILES string of the molecule is Nc1ncc(-c2ccccc2F)nc1C(=O)Nc1cnccc1N1CCC(C(=O)O)CC1. The molecule has 0 radical (unpaired) electrons. The number of benzene rings is 1. The molecule has 32 heavy (non-hydrogen) atoms. The molecular formula is C22H21FN6O3. The number of nitrogens with zero attached hydrogens (tertiary/aromatic N) is 4. The van der Waals surface area contributed by atoms with Gasteiger partial charge in [-0.05, 0) is 31.0 Å². The molecule has 1 aliphatic rings. The van der Waals surface area contributed by atoms with E-state index in [9.17, 15) is 19.1 Å². The number of nitrogens with one attached hydrogen (secondary N) is 1. The molecule has 0 atom stereocenters. The topological polar surface area (TPSA) is 134 Å². The van der Waals surface area contributed by atoms with Crippen molar-refractivity contribution in [2.24, 2.45) is 5.92 Å². The largest absolute Gasteiger partial charge is 0.481 e. The van der Waals surface area contributed by atoms with Gasteiger partial charge >= 0.3 is 5.97 Å². The molecule has 0 bridgehead atoms. The third-order valence-corrected chi connectivity index (χ3v) is 5.40. The number of carbonyl (C=O) groups is 2. The summed E-state index contributed by atoms with van der Waals surface area (Å²) in [5, 5.41) is 12.0. The number of aromatic nitrogens is 3. The summed E-state index contributed by atoms with van der Waals surface area (Å²) in [7, 11) is 0. The molecule has 0 aliphatic carbocycles. The molecule has 1 aliphatic heterocycles. The molecule has 4 rings (SSSR count). The Hall–Kier alpha value is -4.08. The summed E-state index contributed by atoms with van der Waals surface area (Å²) in [4.78, 5) is 38.5. The fourth-order valence-electron chi connectivity index (χ4n) is 3.67. The second kappa shape index (κ2) is 8.96. The molecule has 10 heteroatoms. The van der Waals surface area contributed by atoms with E-state index in [4.69, 9.17) is 5.73 Å². The normalized spacial score (nSPS) is 14.2. The lowest BCUT2D eigenvalue weighted by molar-refractivity contribution is -0.142. The van der Waals surface area contributed by atoms with Crippen LogP contribution in [-0.2, 0) is 4.79 Å². The molecule has 1 fully saturated rings. The number of piperidine rings is 1. The van der Waals surface area contributed by atoms with E-state index in [1.165, 1.54) is 24.5 Å². The van der Waals surface area contributed by atoms with Crippen LogP contribution in [-0.4, -0.2) is 45.0 Å². The number of hydrogen-bond donors (Lipinski definition) is 3. The second-order valence-electron chi connectivity index (χ2n) is 7.42. The van der Waals surface area contributed by atoms with Gasteiger partial charge < -0.3 is 21.1 Å². The van der Waals surface area contributed by atoms with Crippen molar-refractivity contribution in [2.45, 2.75) is 12.8 Å². The Kier molecular flexibility index (Phi) is 5.93. The van der Waals surface area contributed by atoms with Gasteiger partial charge in [-0.1, -0.05) is 12.1 Å². The third-order valence-electron chi connectivity index (χ3n) is 5.40. The van der Waals surface area contributed by atoms with Crippen LogP contribution in [0.3, 0.4) is 0 Å². The number of anilines is 3. The lowest BCUT2D eigenvalue weighted by atomic mass is 9.97. The molecule has 4 N–H and O–H groups in total. The van der Waals surface area contributed by atoms with Crippen LogP contribution in [0.15, 0.2) is 48.9 Å². The van der Waals surface area contributed by atoms with Crippen LogP contribution in [0.5, 0.6) is 0 Å². The molecule has 9 nitrogen and oxygen atoms in total. The molecule has 3 heterocycles. The van der Waals surface area contributed by atoms with Crippen LogP contribution < -0.4 is 16.0 Å². The fraction of sp³-hybridized carbons (Fsp3) is 0.227. The zero-order valence-electron chi connectivity index (χ0n) is 17.0. The number of carboxylic acids is 1. The minimum Gasteiger partial charge on any atom is -0.481 e. The number of halogens is 1. The number of hydrogen-bond acceptors (Lipinski definition) is 7. The summed E-state index contributed by atoms with van der Waals surface area (Å²) in [6, 6.07) is 7.80. The number of carboxylic acid groups (broad SMARTS) is 1. The van der Waals surface area contributed by atoms with Crippen molar-refractivity contribution in [3.05, 3.63) is 60.4 Å². The van der Waals surface area contributed by atoms with Gasteiger partial charge in [0.15, 0.2) is 11.5 Å². The highest BCUT2D eigenvalue weighted by molar-refractivity contribution is 6.07. The van der Waals surface area contributed by atoms with Crippen molar-refractivity contribution < 1.29 is 19.1 Å². The zero-order chi connectivity index (χ0) is 22.7. The predicted molar refractivity (Wildman–Crippen MR) is 117 cm³/mol. The molecule has 164 valence electrons. The van der Waals surface area contributed by atoms with E-state index in [1.54, 1.807) is 24.4 Å². The number of rotatable bonds is 5. The maximum Gasteiger partial charge on any atom is 0.306 e. The Morgan fingerprint density at radius 3 is 2.62 bits per heavy atom. The van der Waals surface area contributed by atoms with E-state index >= 15 is 0 Å². The highest BCUT2D eigenvalue weighted by atomic mass is 19.1. The van der Waals surface area contributed by atoms with E-state index in [1.807, 2.05) is 4.90 Å². The second-order valence-corrected chi connectivity index (χ2v) is 7.42. The summed E-state index contributed by atoms with van der Waals surface area (Å²) >= 11 is 0. The van der Waals surface area contributed by atoms with Crippen molar-refractivity contribution in [3.8, 4) is 11.3 Å². The summed E-state index contributed by atoms with van der Waals surface area (Å²) in [6.45, 7) is 1.07. The minimum atomic E-state index is -0.795. The van der Waals surface area contributed by atoms with Gasteiger partial charge in [0.25, 0.3) is 5.91 Å². The molecule has 0 unspecified atom stereocenters. The lowest BCUT2D eigenvalue weighted by Gasteiger charge is -2.33. The number of nitrogens with two attached hydrogens (primary N) is 1. The maximum atomic E-state index is 14.1. The van der Waals surface area contributed by atoms with Gasteiger partial charge in [0, 0.05) is 24.8 Å². The minimum absolute atomic E-state index is 0.0877. The van der Waals surface area contributed by atoms with Crippen molar-refractivity contribution in [3.63, 3.8) is 0 Å². The third kappa shape index (κ3) is 4.34. The van der Waals surface area contributed by atoms with Crippen molar-refractivity contribution in [1.29, 1.82) is 0 Å². The Morgan fingerprint density at radius 1 is 1.16 bits per heavy atom. The van der Waals surface area contributed by atoms with E-state index in [2.05, 4.69) is 20.3 Å². The van der Waals surface area contributed by atoms with Crippen molar-refractivity contribution in [1.82, 2.24) is 15.0 Å². The Labute approximate surface area is 183 Å². The van der Waals surface area contributed by atoms with Gasteiger partial charge in [-0.3, -0.25) is 14.6 Å². The van der Waals surface area contributed by atoms with Crippen molar-refractivity contribution >= 4 is 29.1 Å². The van der Waals surface area contributed by atoms with Crippen molar-refractivity contribution in [2.75, 3.05) is 29.0 Å². The van der Waals surface area contributed by atoms with Crippen LogP contribution in [0.25, 0.3) is 11.3 Å². The van der Waals surface area contributed by atoms with E-state index < -0.39 is 17.7 Å². The molecule has 0 saturated carbocycles. The highest BCUT2D eigenvalue weighted by Crippen LogP contribution is 2.30. The highest BCUT2D eigenvalue weighted by Gasteiger charge is 2.26. The molecule has 0 spiro atoms. The van der Waals surface area contributed by atoms with Gasteiger partial charge in [-0.25, -0.2) is 14.4 Å². The Balaban J connectivity index is 1.57. The predicted octanol–water partition coefficient (Wildman–Crippen LogP) is 2.81. The fourth-order valence-corrected chi connectivity index (χ4v) is 3.67. The number of carbonyl (C=O) groups excluding carboxylic acids is 1. The average molecular weight is 436 g/mol. The number of pyridine rings is 1. The Bertz CT molecular complexity index is 1160. The lowest BCUT2D eigenvalue weighted by Crippen LogP contribution is -2.36. The van der Waals surface area contributed by atoms with Gasteiger partial charge in [0.1, 0.15) is 5.82 Å². The zero-order valence-corrected chi connectivity index (χ0v) is 17.0. The molecule has 2 aromatic heterocycles. The summed E-state index contributed by atoms with van der Waals surface area (Å²) in [5.74, 6) is -2.35. The monoisotopic (exact) mass is 436 g/mol. The van der Waals surface area contributed by atoms with Gasteiger partial charge in [0.05, 0.1) is 35.4 Å². The van der Waals surface area contributed by atoms with Crippen LogP contribution in [0, 0.1) is 11.7 Å². The first-order chi connectivity index (χ1) is 15.4. The van der Waals surface area contributed by atoms with Gasteiger partial charge in [-0.15, -0.1) is 0 Å². The van der Waals surface area contributed by atoms with Gasteiger partial charge in [0.2, 0.25) is 0 Å². The van der Waals surface area contributed by atoms with E-state index in [-0.39, 0.29) is 28.7 Å². The Morgan fingerprint density at radius 2 is 1.91 bits per heavy atom. The molecule has 1 amide bonds. The first kappa shape index (κ1) is 21.2. The quantitative estimate of drug-likeness (QED) is 0.556. The van der Waals surface area contributed by atoms with Gasteiger partial charge in [-0.2, -0.15) is 0 Å². The molecule has 1 aromatic carbocycles. The van der Waals surface area contributed by atoms with E-state index in [0.717, 1.165) is 0 Å².